The first kappa shape index (κ1) is 30.5. The zero-order chi connectivity index (χ0) is 31.1. The van der Waals surface area contributed by atoms with Crippen molar-refractivity contribution in [1.82, 2.24) is 10.2 Å². The molecule has 0 saturated carbocycles. The zero-order valence-corrected chi connectivity index (χ0v) is 25.1. The third-order valence-corrected chi connectivity index (χ3v) is 8.02. The van der Waals surface area contributed by atoms with Crippen LogP contribution in [-0.4, -0.2) is 48.8 Å². The lowest BCUT2D eigenvalue weighted by atomic mass is 9.94. The Hall–Kier alpha value is -4.98. The van der Waals surface area contributed by atoms with Gasteiger partial charge in [-0.2, -0.15) is 0 Å². The number of halogens is 1. The summed E-state index contributed by atoms with van der Waals surface area (Å²) in [5, 5.41) is 5.84. The molecule has 0 unspecified atom stereocenters. The Labute approximate surface area is 257 Å². The Balaban J connectivity index is 1.33. The number of carbonyl (C=O) groups is 3. The zero-order valence-electron chi connectivity index (χ0n) is 25.1. The summed E-state index contributed by atoms with van der Waals surface area (Å²) in [7, 11) is 0. The largest absolute Gasteiger partial charge is 0.367 e. The molecular formula is C36H37FN4O3. The van der Waals surface area contributed by atoms with E-state index in [4.69, 9.17) is 0 Å². The molecule has 4 aromatic rings. The van der Waals surface area contributed by atoms with Crippen LogP contribution in [0.4, 0.5) is 15.8 Å². The molecule has 5 rings (SSSR count). The van der Waals surface area contributed by atoms with E-state index in [0.717, 1.165) is 28.8 Å². The van der Waals surface area contributed by atoms with Crippen LogP contribution in [0.25, 0.3) is 0 Å². The van der Waals surface area contributed by atoms with Gasteiger partial charge in [-0.05, 0) is 66.9 Å². The Morgan fingerprint density at radius 1 is 0.818 bits per heavy atom. The van der Waals surface area contributed by atoms with Crippen molar-refractivity contribution in [2.45, 2.75) is 32.7 Å². The van der Waals surface area contributed by atoms with Crippen LogP contribution in [0.3, 0.4) is 0 Å². The minimum absolute atomic E-state index is 0.116. The van der Waals surface area contributed by atoms with Gasteiger partial charge in [-0.3, -0.25) is 14.4 Å². The summed E-state index contributed by atoms with van der Waals surface area (Å²) in [6, 6.07) is 28.4. The molecule has 7 nitrogen and oxygen atoms in total. The van der Waals surface area contributed by atoms with Gasteiger partial charge in [0.2, 0.25) is 5.91 Å². The molecule has 1 aliphatic rings. The van der Waals surface area contributed by atoms with Gasteiger partial charge in [-0.25, -0.2) is 4.39 Å². The smallest absolute Gasteiger partial charge is 0.255 e. The van der Waals surface area contributed by atoms with E-state index in [9.17, 15) is 18.8 Å². The fourth-order valence-electron chi connectivity index (χ4n) is 5.49. The van der Waals surface area contributed by atoms with E-state index >= 15 is 0 Å². The SMILES string of the molecule is CC[C@H](C(=O)N1CCN(c2ccc(NC(=O)c3ccc(C)cc3)cc2C(=O)NCc2ccc(F)cc2)CC1)c1ccccc1. The number of hydrogen-bond donors (Lipinski definition) is 2. The van der Waals surface area contributed by atoms with Crippen LogP contribution in [0, 0.1) is 12.7 Å². The van der Waals surface area contributed by atoms with E-state index in [1.165, 1.54) is 12.1 Å². The van der Waals surface area contributed by atoms with Crippen molar-refractivity contribution >= 4 is 29.1 Å². The maximum Gasteiger partial charge on any atom is 0.255 e. The molecule has 44 heavy (non-hydrogen) atoms. The van der Waals surface area contributed by atoms with Gasteiger partial charge in [-0.15, -0.1) is 0 Å². The van der Waals surface area contributed by atoms with Crippen molar-refractivity contribution in [2.75, 3.05) is 36.4 Å². The normalized spacial score (nSPS) is 13.7. The molecule has 4 aromatic carbocycles. The number of amides is 3. The average Bonchev–Trinajstić information content (AvgIpc) is 3.05. The molecule has 0 aromatic heterocycles. The van der Waals surface area contributed by atoms with Gasteiger partial charge in [0.25, 0.3) is 11.8 Å². The molecule has 1 atom stereocenters. The molecule has 1 aliphatic heterocycles. The number of anilines is 2. The molecule has 3 amide bonds. The van der Waals surface area contributed by atoms with Crippen molar-refractivity contribution in [3.05, 3.63) is 131 Å². The quantitative estimate of drug-likeness (QED) is 0.244. The van der Waals surface area contributed by atoms with E-state index in [-0.39, 0.29) is 36.0 Å². The maximum atomic E-state index is 13.6. The van der Waals surface area contributed by atoms with Crippen LogP contribution in [0.15, 0.2) is 97.1 Å². The fraction of sp³-hybridized carbons (Fsp3) is 0.250. The van der Waals surface area contributed by atoms with E-state index in [2.05, 4.69) is 15.5 Å². The molecule has 1 fully saturated rings. The van der Waals surface area contributed by atoms with Gasteiger partial charge >= 0.3 is 0 Å². The van der Waals surface area contributed by atoms with Gasteiger partial charge in [0.15, 0.2) is 0 Å². The van der Waals surface area contributed by atoms with E-state index in [1.807, 2.05) is 67.3 Å². The van der Waals surface area contributed by atoms with E-state index in [1.54, 1.807) is 36.4 Å². The first-order valence-electron chi connectivity index (χ1n) is 15.0. The second kappa shape index (κ2) is 14.0. The highest BCUT2D eigenvalue weighted by Gasteiger charge is 2.29. The summed E-state index contributed by atoms with van der Waals surface area (Å²) in [5.74, 6) is -1.00. The molecular weight excluding hydrogens is 555 g/mol. The highest BCUT2D eigenvalue weighted by molar-refractivity contribution is 6.06. The van der Waals surface area contributed by atoms with Crippen molar-refractivity contribution in [3.8, 4) is 0 Å². The first-order valence-corrected chi connectivity index (χ1v) is 15.0. The van der Waals surface area contributed by atoms with Gasteiger partial charge in [-0.1, -0.05) is 67.1 Å². The third kappa shape index (κ3) is 7.32. The Bertz CT molecular complexity index is 1600. The lowest BCUT2D eigenvalue weighted by Crippen LogP contribution is -2.50. The molecule has 226 valence electrons. The highest BCUT2D eigenvalue weighted by Crippen LogP contribution is 2.28. The second-order valence-corrected chi connectivity index (χ2v) is 11.0. The average molecular weight is 593 g/mol. The lowest BCUT2D eigenvalue weighted by Gasteiger charge is -2.38. The van der Waals surface area contributed by atoms with Crippen LogP contribution in [-0.2, 0) is 11.3 Å². The van der Waals surface area contributed by atoms with Crippen LogP contribution in [0.2, 0.25) is 0 Å². The summed E-state index contributed by atoms with van der Waals surface area (Å²) in [6.07, 6.45) is 0.719. The van der Waals surface area contributed by atoms with Crippen LogP contribution < -0.4 is 15.5 Å². The Kier molecular flexibility index (Phi) is 9.69. The van der Waals surface area contributed by atoms with Crippen LogP contribution >= 0.6 is 0 Å². The molecule has 0 spiro atoms. The standard InChI is InChI=1S/C36H37FN4O3/c1-3-31(27-7-5-4-6-8-27)36(44)41-21-19-40(20-22-41)33-18-17-30(39-34(42)28-13-9-25(2)10-14-28)23-32(33)35(43)38-24-26-11-15-29(37)16-12-26/h4-18,23,31H,3,19-22,24H2,1-2H3,(H,38,43)(H,39,42)/t31-/m0/s1. The number of aryl methyl sites for hydroxylation is 1. The monoisotopic (exact) mass is 592 g/mol. The number of benzene rings is 4. The molecule has 1 heterocycles. The predicted molar refractivity (Wildman–Crippen MR) is 171 cm³/mol. The van der Waals surface area contributed by atoms with Gasteiger partial charge in [0.05, 0.1) is 11.5 Å². The minimum atomic E-state index is -0.342. The van der Waals surface area contributed by atoms with E-state index in [0.29, 0.717) is 43.0 Å². The summed E-state index contributed by atoms with van der Waals surface area (Å²) >= 11 is 0. The number of rotatable bonds is 9. The molecule has 0 aliphatic carbocycles. The topological polar surface area (TPSA) is 81.8 Å². The molecule has 8 heteroatoms. The van der Waals surface area contributed by atoms with E-state index < -0.39 is 0 Å². The summed E-state index contributed by atoms with van der Waals surface area (Å²) in [5.41, 5.74) is 4.98. The molecule has 0 radical (unpaired) electrons. The van der Waals surface area contributed by atoms with Gasteiger partial charge in [0.1, 0.15) is 5.82 Å². The number of piperazine rings is 1. The lowest BCUT2D eigenvalue weighted by molar-refractivity contribution is -0.133. The van der Waals surface area contributed by atoms with Crippen LogP contribution in [0.5, 0.6) is 0 Å². The number of carbonyl (C=O) groups excluding carboxylic acids is 3. The van der Waals surface area contributed by atoms with Crippen molar-refractivity contribution in [3.63, 3.8) is 0 Å². The number of nitrogens with one attached hydrogen (secondary N) is 2. The molecule has 1 saturated heterocycles. The predicted octanol–water partition coefficient (Wildman–Crippen LogP) is 6.16. The minimum Gasteiger partial charge on any atom is -0.367 e. The molecule has 0 bridgehead atoms. The van der Waals surface area contributed by atoms with Gasteiger partial charge in [0, 0.05) is 49.7 Å². The summed E-state index contributed by atoms with van der Waals surface area (Å²) in [6.45, 7) is 6.39. The van der Waals surface area contributed by atoms with Crippen molar-refractivity contribution < 1.29 is 18.8 Å². The number of nitrogens with zero attached hydrogens (tertiary/aromatic N) is 2. The number of hydrogen-bond acceptors (Lipinski definition) is 4. The maximum absolute atomic E-state index is 13.6. The Morgan fingerprint density at radius 2 is 1.50 bits per heavy atom. The van der Waals surface area contributed by atoms with Gasteiger partial charge < -0.3 is 20.4 Å². The fourth-order valence-corrected chi connectivity index (χ4v) is 5.49. The van der Waals surface area contributed by atoms with Crippen molar-refractivity contribution in [1.29, 1.82) is 0 Å². The van der Waals surface area contributed by atoms with Crippen molar-refractivity contribution in [2.24, 2.45) is 0 Å². The first-order chi connectivity index (χ1) is 21.3. The highest BCUT2D eigenvalue weighted by atomic mass is 19.1. The second-order valence-electron chi connectivity index (χ2n) is 11.0. The molecule has 2 N–H and O–H groups in total. The Morgan fingerprint density at radius 3 is 2.16 bits per heavy atom. The van der Waals surface area contributed by atoms with Crippen LogP contribution in [0.1, 0.15) is 56.7 Å². The summed E-state index contributed by atoms with van der Waals surface area (Å²) in [4.78, 5) is 43.9. The third-order valence-electron chi connectivity index (χ3n) is 8.02. The summed E-state index contributed by atoms with van der Waals surface area (Å²) < 4.78 is 13.4.